The van der Waals surface area contributed by atoms with Crippen molar-refractivity contribution < 1.29 is 18.5 Å². The van der Waals surface area contributed by atoms with E-state index in [1.165, 1.54) is 6.07 Å². The van der Waals surface area contributed by atoms with E-state index in [0.29, 0.717) is 29.2 Å². The van der Waals surface area contributed by atoms with Gasteiger partial charge < -0.3 is 25.0 Å². The number of halogens is 1. The van der Waals surface area contributed by atoms with Gasteiger partial charge in [-0.3, -0.25) is 9.59 Å². The van der Waals surface area contributed by atoms with Crippen LogP contribution < -0.4 is 10.6 Å². The number of anilines is 1. The molecule has 1 aliphatic rings. The minimum absolute atomic E-state index is 0.0488. The summed E-state index contributed by atoms with van der Waals surface area (Å²) >= 11 is 0. The van der Waals surface area contributed by atoms with E-state index in [2.05, 4.69) is 25.8 Å². The summed E-state index contributed by atoms with van der Waals surface area (Å²) in [6, 6.07) is 5.79. The van der Waals surface area contributed by atoms with Crippen molar-refractivity contribution in [3.63, 3.8) is 0 Å². The number of nitrogens with one attached hydrogen (secondary N) is 3. The second kappa shape index (κ2) is 11.8. The minimum atomic E-state index is -0.913. The fourth-order valence-electron chi connectivity index (χ4n) is 4.71. The van der Waals surface area contributed by atoms with E-state index in [0.717, 1.165) is 24.8 Å². The zero-order chi connectivity index (χ0) is 27.4. The lowest BCUT2D eigenvalue weighted by Crippen LogP contribution is -2.47. The molecular weight excluding hydrogens is 487 g/mol. The summed E-state index contributed by atoms with van der Waals surface area (Å²) in [6.07, 6.45) is 4.66. The van der Waals surface area contributed by atoms with Crippen LogP contribution in [0.1, 0.15) is 82.4 Å². The van der Waals surface area contributed by atoms with Crippen LogP contribution in [0, 0.1) is 12.7 Å². The van der Waals surface area contributed by atoms with Crippen LogP contribution in [0.3, 0.4) is 0 Å². The molecular formula is C28H37FN6O3. The first-order valence-corrected chi connectivity index (χ1v) is 13.3. The van der Waals surface area contributed by atoms with Gasteiger partial charge in [-0.2, -0.15) is 4.98 Å². The Labute approximate surface area is 222 Å². The summed E-state index contributed by atoms with van der Waals surface area (Å²) in [6.45, 7) is 10.3. The molecule has 0 unspecified atom stereocenters. The molecule has 3 aromatic rings. The fourth-order valence-corrected chi connectivity index (χ4v) is 4.71. The summed E-state index contributed by atoms with van der Waals surface area (Å²) in [5, 5.41) is 9.90. The normalized spacial score (nSPS) is 17.3. The highest BCUT2D eigenvalue weighted by Gasteiger charge is 2.30. The highest BCUT2D eigenvalue weighted by atomic mass is 19.1. The zero-order valence-corrected chi connectivity index (χ0v) is 22.7. The molecule has 4 rings (SSSR count). The number of likely N-dealkylation sites (tertiary alicyclic amines) is 1. The maximum atomic E-state index is 14.5. The number of carbonyl (C=O) groups excluding carboxylic acids is 2. The molecule has 3 atom stereocenters. The maximum absolute atomic E-state index is 14.5. The third-order valence-electron chi connectivity index (χ3n) is 7.04. The van der Waals surface area contributed by atoms with Gasteiger partial charge in [0, 0.05) is 41.5 Å². The monoisotopic (exact) mass is 524 g/mol. The predicted molar refractivity (Wildman–Crippen MR) is 143 cm³/mol. The molecule has 1 aliphatic heterocycles. The molecule has 1 saturated heterocycles. The van der Waals surface area contributed by atoms with E-state index < -0.39 is 12.1 Å². The number of aromatic nitrogens is 3. The van der Waals surface area contributed by atoms with Crippen molar-refractivity contribution in [1.82, 2.24) is 25.3 Å². The maximum Gasteiger partial charge on any atom is 0.322 e. The molecule has 1 fully saturated rings. The van der Waals surface area contributed by atoms with Crippen LogP contribution in [0.5, 0.6) is 0 Å². The van der Waals surface area contributed by atoms with Gasteiger partial charge in [-0.25, -0.2) is 4.39 Å². The van der Waals surface area contributed by atoms with E-state index in [1.807, 2.05) is 51.7 Å². The minimum Gasteiger partial charge on any atom is -0.363 e. The molecule has 0 aliphatic carbocycles. The molecule has 0 bridgehead atoms. The summed E-state index contributed by atoms with van der Waals surface area (Å²) in [5.41, 5.74) is 2.73. The van der Waals surface area contributed by atoms with Gasteiger partial charge >= 0.3 is 6.01 Å². The first-order valence-electron chi connectivity index (χ1n) is 13.3. The smallest absolute Gasteiger partial charge is 0.322 e. The highest BCUT2D eigenvalue weighted by molar-refractivity contribution is 5.90. The largest absolute Gasteiger partial charge is 0.363 e. The average Bonchev–Trinajstić information content (AvgIpc) is 3.54. The molecule has 3 heterocycles. The molecule has 204 valence electrons. The van der Waals surface area contributed by atoms with Crippen LogP contribution in [0.25, 0.3) is 11.1 Å². The Balaban J connectivity index is 1.49. The van der Waals surface area contributed by atoms with E-state index in [-0.39, 0.29) is 42.0 Å². The Kier molecular flexibility index (Phi) is 8.48. The van der Waals surface area contributed by atoms with E-state index in [9.17, 15) is 14.0 Å². The van der Waals surface area contributed by atoms with Crippen LogP contribution in [0.15, 0.2) is 35.0 Å². The predicted octanol–water partition coefficient (Wildman–Crippen LogP) is 5.08. The van der Waals surface area contributed by atoms with Crippen molar-refractivity contribution in [1.29, 1.82) is 0 Å². The standard InChI is InChI=1S/C28H37FN6O3/c1-16(2)26-33-28(38-34-26)32-24(14-25(36)35-11-7-6-8-18(35)4)27(37)31-19(5)23-13-20(15-30-23)21-10-9-17(3)12-22(21)29/h9-10,12-13,15-16,18-19,24,30H,6-8,11,14H2,1-5H3,(H,31,37)(H,32,33,34)/t18-,19-,24-/m0/s1. The molecule has 38 heavy (non-hydrogen) atoms. The number of benzene rings is 1. The topological polar surface area (TPSA) is 116 Å². The number of hydrogen-bond acceptors (Lipinski definition) is 6. The average molecular weight is 525 g/mol. The number of H-pyrrole nitrogens is 1. The molecule has 10 heteroatoms. The van der Waals surface area contributed by atoms with Crippen LogP contribution in [-0.4, -0.2) is 50.5 Å². The highest BCUT2D eigenvalue weighted by Crippen LogP contribution is 2.27. The second-order valence-electron chi connectivity index (χ2n) is 10.5. The molecule has 2 amide bonds. The Morgan fingerprint density at radius 2 is 2.03 bits per heavy atom. The molecule has 9 nitrogen and oxygen atoms in total. The quantitative estimate of drug-likeness (QED) is 0.359. The van der Waals surface area contributed by atoms with Crippen LogP contribution in [0.2, 0.25) is 0 Å². The van der Waals surface area contributed by atoms with E-state index >= 15 is 0 Å². The Morgan fingerprint density at radius 1 is 1.24 bits per heavy atom. The van der Waals surface area contributed by atoms with Crippen LogP contribution in [0.4, 0.5) is 10.4 Å². The number of nitrogens with zero attached hydrogens (tertiary/aromatic N) is 3. The number of aryl methyl sites for hydroxylation is 1. The first kappa shape index (κ1) is 27.3. The lowest BCUT2D eigenvalue weighted by Gasteiger charge is -2.34. The molecule has 0 radical (unpaired) electrons. The molecule has 3 N–H and O–H groups in total. The first-order chi connectivity index (χ1) is 18.1. The van der Waals surface area contributed by atoms with Gasteiger partial charge in [-0.05, 0) is 57.7 Å². The van der Waals surface area contributed by atoms with Gasteiger partial charge in [0.15, 0.2) is 5.82 Å². The number of amides is 2. The van der Waals surface area contributed by atoms with Crippen LogP contribution in [-0.2, 0) is 9.59 Å². The third-order valence-corrected chi connectivity index (χ3v) is 7.04. The third kappa shape index (κ3) is 6.41. The SMILES string of the molecule is Cc1ccc(-c2c[nH]c([C@H](C)NC(=O)[C@H](CC(=O)N3CCCC[C@@H]3C)Nc3nc(C(C)C)no3)c2)c(F)c1. The lowest BCUT2D eigenvalue weighted by atomic mass is 10.0. The van der Waals surface area contributed by atoms with Gasteiger partial charge in [0.1, 0.15) is 11.9 Å². The fraction of sp³-hybridized carbons (Fsp3) is 0.500. The summed E-state index contributed by atoms with van der Waals surface area (Å²) in [4.78, 5) is 35.9. The molecule has 2 aromatic heterocycles. The zero-order valence-electron chi connectivity index (χ0n) is 22.7. The Hall–Kier alpha value is -3.69. The molecule has 1 aromatic carbocycles. The Morgan fingerprint density at radius 3 is 2.71 bits per heavy atom. The summed E-state index contributed by atoms with van der Waals surface area (Å²) in [7, 11) is 0. The summed E-state index contributed by atoms with van der Waals surface area (Å²) in [5.74, 6) is -0.214. The van der Waals surface area contributed by atoms with Gasteiger partial charge in [0.25, 0.3) is 0 Å². The second-order valence-corrected chi connectivity index (χ2v) is 10.5. The van der Waals surface area contributed by atoms with Gasteiger partial charge in [-0.15, -0.1) is 0 Å². The van der Waals surface area contributed by atoms with Crippen molar-refractivity contribution in [2.45, 2.75) is 84.3 Å². The van der Waals surface area contributed by atoms with Crippen molar-refractivity contribution in [3.8, 4) is 11.1 Å². The number of piperidine rings is 1. The van der Waals surface area contributed by atoms with Crippen LogP contribution >= 0.6 is 0 Å². The lowest BCUT2D eigenvalue weighted by molar-refractivity contribution is -0.137. The van der Waals surface area contributed by atoms with Gasteiger partial charge in [-0.1, -0.05) is 31.1 Å². The number of carbonyl (C=O) groups is 2. The number of rotatable bonds is 9. The molecule has 0 spiro atoms. The molecule has 0 saturated carbocycles. The van der Waals surface area contributed by atoms with Crippen molar-refractivity contribution in [2.24, 2.45) is 0 Å². The van der Waals surface area contributed by atoms with E-state index in [4.69, 9.17) is 4.52 Å². The Bertz CT molecular complexity index is 1270. The summed E-state index contributed by atoms with van der Waals surface area (Å²) < 4.78 is 19.8. The van der Waals surface area contributed by atoms with E-state index in [1.54, 1.807) is 12.3 Å². The van der Waals surface area contributed by atoms with Crippen molar-refractivity contribution in [2.75, 3.05) is 11.9 Å². The van der Waals surface area contributed by atoms with Gasteiger partial charge in [0.05, 0.1) is 12.5 Å². The van der Waals surface area contributed by atoms with Crippen molar-refractivity contribution >= 4 is 17.8 Å². The number of hydrogen-bond donors (Lipinski definition) is 3. The number of aromatic amines is 1. The van der Waals surface area contributed by atoms with Crippen molar-refractivity contribution in [3.05, 3.63) is 53.4 Å². The van der Waals surface area contributed by atoms with Gasteiger partial charge in [0.2, 0.25) is 11.8 Å².